The molecule has 1 heterocycles. The molecule has 98 valence electrons. The van der Waals surface area contributed by atoms with Gasteiger partial charge in [0.15, 0.2) is 0 Å². The van der Waals surface area contributed by atoms with Crippen molar-refractivity contribution in [3.63, 3.8) is 0 Å². The standard InChI is InChI=1S/C17H13ClN2/c18-13-6-8-14(9-7-13)20-11-16-15-4-2-1-3-12(15)5-10-17(16)19-20/h1-4,6-9,11H,5,10H2. The van der Waals surface area contributed by atoms with Gasteiger partial charge in [-0.25, -0.2) is 4.68 Å². The van der Waals surface area contributed by atoms with Gasteiger partial charge in [0.2, 0.25) is 0 Å². The summed E-state index contributed by atoms with van der Waals surface area (Å²) in [7, 11) is 0. The van der Waals surface area contributed by atoms with Gasteiger partial charge in [-0.15, -0.1) is 0 Å². The molecule has 0 N–H and O–H groups in total. The van der Waals surface area contributed by atoms with E-state index in [0.29, 0.717) is 0 Å². The van der Waals surface area contributed by atoms with E-state index in [1.807, 2.05) is 28.9 Å². The summed E-state index contributed by atoms with van der Waals surface area (Å²) >= 11 is 5.94. The summed E-state index contributed by atoms with van der Waals surface area (Å²) in [5.41, 5.74) is 6.20. The summed E-state index contributed by atoms with van der Waals surface area (Å²) in [5, 5.41) is 5.47. The molecule has 0 fully saturated rings. The smallest absolute Gasteiger partial charge is 0.0710 e. The van der Waals surface area contributed by atoms with Crippen LogP contribution in [0, 0.1) is 0 Å². The zero-order valence-electron chi connectivity index (χ0n) is 10.9. The van der Waals surface area contributed by atoms with E-state index in [9.17, 15) is 0 Å². The highest BCUT2D eigenvalue weighted by atomic mass is 35.5. The van der Waals surface area contributed by atoms with Gasteiger partial charge in [0.05, 0.1) is 11.4 Å². The molecule has 0 radical (unpaired) electrons. The van der Waals surface area contributed by atoms with Gasteiger partial charge in [-0.2, -0.15) is 5.10 Å². The minimum Gasteiger partial charge on any atom is -0.240 e. The molecule has 0 bridgehead atoms. The Kier molecular flexibility index (Phi) is 2.64. The Hall–Kier alpha value is -2.06. The fraction of sp³-hybridized carbons (Fsp3) is 0.118. The molecular formula is C17H13ClN2. The summed E-state index contributed by atoms with van der Waals surface area (Å²) in [6, 6.07) is 16.4. The van der Waals surface area contributed by atoms with Gasteiger partial charge in [0.25, 0.3) is 0 Å². The van der Waals surface area contributed by atoms with Gasteiger partial charge >= 0.3 is 0 Å². The molecule has 0 spiro atoms. The van der Waals surface area contributed by atoms with Crippen molar-refractivity contribution in [2.75, 3.05) is 0 Å². The molecular weight excluding hydrogens is 268 g/mol. The highest BCUT2D eigenvalue weighted by molar-refractivity contribution is 6.30. The molecule has 0 amide bonds. The average molecular weight is 281 g/mol. The van der Waals surface area contributed by atoms with E-state index in [2.05, 4.69) is 30.5 Å². The molecule has 1 aliphatic rings. The third-order valence-corrected chi connectivity index (χ3v) is 4.07. The Morgan fingerprint density at radius 2 is 1.70 bits per heavy atom. The fourth-order valence-corrected chi connectivity index (χ4v) is 2.93. The summed E-state index contributed by atoms with van der Waals surface area (Å²) in [4.78, 5) is 0. The fourth-order valence-electron chi connectivity index (χ4n) is 2.80. The third-order valence-electron chi connectivity index (χ3n) is 3.82. The molecule has 0 atom stereocenters. The Balaban J connectivity index is 1.84. The van der Waals surface area contributed by atoms with Crippen molar-refractivity contribution in [3.8, 4) is 16.8 Å². The molecule has 20 heavy (non-hydrogen) atoms. The second-order valence-electron chi connectivity index (χ2n) is 5.07. The van der Waals surface area contributed by atoms with Gasteiger partial charge in [0, 0.05) is 16.8 Å². The summed E-state index contributed by atoms with van der Waals surface area (Å²) in [5.74, 6) is 0. The molecule has 2 nitrogen and oxygen atoms in total. The van der Waals surface area contributed by atoms with E-state index in [-0.39, 0.29) is 0 Å². The number of rotatable bonds is 1. The van der Waals surface area contributed by atoms with Crippen LogP contribution >= 0.6 is 11.6 Å². The monoisotopic (exact) mass is 280 g/mol. The Labute approximate surface area is 122 Å². The van der Waals surface area contributed by atoms with E-state index >= 15 is 0 Å². The maximum absolute atomic E-state index is 5.94. The zero-order valence-corrected chi connectivity index (χ0v) is 11.6. The molecule has 2 aromatic carbocycles. The predicted octanol–water partition coefficient (Wildman–Crippen LogP) is 4.29. The van der Waals surface area contributed by atoms with E-state index in [0.717, 1.165) is 23.6 Å². The molecule has 1 aromatic heterocycles. The number of hydrogen-bond donors (Lipinski definition) is 0. The molecule has 3 heteroatoms. The van der Waals surface area contributed by atoms with E-state index < -0.39 is 0 Å². The number of hydrogen-bond acceptors (Lipinski definition) is 1. The predicted molar refractivity (Wildman–Crippen MR) is 81.4 cm³/mol. The molecule has 1 aliphatic carbocycles. The first-order chi connectivity index (χ1) is 9.81. The first-order valence-electron chi connectivity index (χ1n) is 6.74. The molecule has 4 rings (SSSR count). The van der Waals surface area contributed by atoms with Crippen molar-refractivity contribution in [3.05, 3.63) is 71.0 Å². The van der Waals surface area contributed by atoms with Gasteiger partial charge in [-0.3, -0.25) is 0 Å². The number of aryl methyl sites for hydroxylation is 2. The lowest BCUT2D eigenvalue weighted by Crippen LogP contribution is -2.02. The van der Waals surface area contributed by atoms with Crippen LogP contribution in [0.3, 0.4) is 0 Å². The lowest BCUT2D eigenvalue weighted by Gasteiger charge is -2.13. The minimum absolute atomic E-state index is 0.746. The molecule has 0 saturated heterocycles. The van der Waals surface area contributed by atoms with E-state index in [1.54, 1.807) is 0 Å². The van der Waals surface area contributed by atoms with Crippen LogP contribution in [0.1, 0.15) is 11.3 Å². The van der Waals surface area contributed by atoms with Gasteiger partial charge in [0.1, 0.15) is 0 Å². The SMILES string of the molecule is Clc1ccc(-n2cc3c(n2)CCc2ccccc2-3)cc1. The average Bonchev–Trinajstić information content (AvgIpc) is 2.92. The number of fused-ring (bicyclic) bond motifs is 3. The topological polar surface area (TPSA) is 17.8 Å². The molecule has 0 aliphatic heterocycles. The van der Waals surface area contributed by atoms with Crippen LogP contribution in [0.2, 0.25) is 5.02 Å². The van der Waals surface area contributed by atoms with Crippen molar-refractivity contribution in [1.82, 2.24) is 9.78 Å². The Bertz CT molecular complexity index is 772. The van der Waals surface area contributed by atoms with Crippen molar-refractivity contribution in [2.45, 2.75) is 12.8 Å². The number of aromatic nitrogens is 2. The normalized spacial score (nSPS) is 12.8. The van der Waals surface area contributed by atoms with Crippen LogP contribution in [-0.4, -0.2) is 9.78 Å². The summed E-state index contributed by atoms with van der Waals surface area (Å²) in [6.07, 6.45) is 4.20. The maximum Gasteiger partial charge on any atom is 0.0710 e. The second-order valence-corrected chi connectivity index (χ2v) is 5.50. The van der Waals surface area contributed by atoms with Crippen molar-refractivity contribution in [1.29, 1.82) is 0 Å². The number of nitrogens with zero attached hydrogens (tertiary/aromatic N) is 2. The minimum atomic E-state index is 0.746. The largest absolute Gasteiger partial charge is 0.240 e. The lowest BCUT2D eigenvalue weighted by molar-refractivity contribution is 0.814. The van der Waals surface area contributed by atoms with Crippen LogP contribution in [0.15, 0.2) is 54.7 Å². The highest BCUT2D eigenvalue weighted by Crippen LogP contribution is 2.33. The van der Waals surface area contributed by atoms with Crippen molar-refractivity contribution < 1.29 is 0 Å². The number of benzene rings is 2. The van der Waals surface area contributed by atoms with E-state index in [1.165, 1.54) is 22.4 Å². The van der Waals surface area contributed by atoms with Crippen LogP contribution in [0.25, 0.3) is 16.8 Å². The highest BCUT2D eigenvalue weighted by Gasteiger charge is 2.19. The van der Waals surface area contributed by atoms with Crippen molar-refractivity contribution in [2.24, 2.45) is 0 Å². The van der Waals surface area contributed by atoms with Gasteiger partial charge < -0.3 is 0 Å². The van der Waals surface area contributed by atoms with Crippen molar-refractivity contribution >= 4 is 11.6 Å². The third kappa shape index (κ3) is 1.84. The lowest BCUT2D eigenvalue weighted by atomic mass is 9.90. The first-order valence-corrected chi connectivity index (χ1v) is 7.12. The summed E-state index contributed by atoms with van der Waals surface area (Å²) in [6.45, 7) is 0. The molecule has 3 aromatic rings. The van der Waals surface area contributed by atoms with Crippen LogP contribution in [0.5, 0.6) is 0 Å². The van der Waals surface area contributed by atoms with Crippen LogP contribution in [-0.2, 0) is 12.8 Å². The first kappa shape index (κ1) is 11.7. The quantitative estimate of drug-likeness (QED) is 0.650. The maximum atomic E-state index is 5.94. The Morgan fingerprint density at radius 1 is 0.900 bits per heavy atom. The molecule has 0 saturated carbocycles. The van der Waals surface area contributed by atoms with Gasteiger partial charge in [-0.05, 0) is 48.2 Å². The zero-order chi connectivity index (χ0) is 13.5. The second kappa shape index (κ2) is 4.50. The number of halogens is 1. The summed E-state index contributed by atoms with van der Waals surface area (Å²) < 4.78 is 1.95. The van der Waals surface area contributed by atoms with Crippen LogP contribution < -0.4 is 0 Å². The van der Waals surface area contributed by atoms with E-state index in [4.69, 9.17) is 16.7 Å². The Morgan fingerprint density at radius 3 is 2.55 bits per heavy atom. The molecule has 0 unspecified atom stereocenters. The van der Waals surface area contributed by atoms with Gasteiger partial charge in [-0.1, -0.05) is 35.9 Å². The van der Waals surface area contributed by atoms with Crippen LogP contribution in [0.4, 0.5) is 0 Å².